The molecule has 3 amide bonds. The van der Waals surface area contributed by atoms with E-state index in [9.17, 15) is 14.4 Å². The van der Waals surface area contributed by atoms with Gasteiger partial charge in [-0.25, -0.2) is 0 Å². The van der Waals surface area contributed by atoms with E-state index in [4.69, 9.17) is 16.3 Å². The molecule has 1 N–H and O–H groups in total. The van der Waals surface area contributed by atoms with Crippen LogP contribution in [0.3, 0.4) is 0 Å². The lowest BCUT2D eigenvalue weighted by molar-refractivity contribution is -0.127. The van der Waals surface area contributed by atoms with Crippen LogP contribution in [0.2, 0.25) is 5.02 Å². The second-order valence-electron chi connectivity index (χ2n) is 11.0. The highest BCUT2D eigenvalue weighted by Crippen LogP contribution is 2.61. The average molecular weight is 537 g/mol. The van der Waals surface area contributed by atoms with Gasteiger partial charge in [0.25, 0.3) is 11.1 Å². The van der Waals surface area contributed by atoms with E-state index < -0.39 is 17.1 Å². The van der Waals surface area contributed by atoms with Crippen LogP contribution in [0.4, 0.5) is 10.5 Å². The Labute approximate surface area is 225 Å². The number of amides is 3. The number of methoxy groups -OCH3 is 1. The fourth-order valence-electron chi connectivity index (χ4n) is 7.30. The van der Waals surface area contributed by atoms with E-state index >= 15 is 0 Å². The Morgan fingerprint density at radius 2 is 1.73 bits per heavy atom. The summed E-state index contributed by atoms with van der Waals surface area (Å²) in [6.45, 7) is -0.352. The van der Waals surface area contributed by atoms with Gasteiger partial charge < -0.3 is 10.1 Å². The summed E-state index contributed by atoms with van der Waals surface area (Å²) in [6.07, 6.45) is 9.59. The van der Waals surface area contributed by atoms with Crippen molar-refractivity contribution in [2.24, 2.45) is 17.8 Å². The number of carbonyl (C=O) groups excluding carboxylic acids is 3. The molecule has 1 saturated heterocycles. The van der Waals surface area contributed by atoms with Gasteiger partial charge in [-0.3, -0.25) is 19.3 Å². The largest absolute Gasteiger partial charge is 0.496 e. The Balaban J connectivity index is 1.22. The molecule has 5 fully saturated rings. The summed E-state index contributed by atoms with van der Waals surface area (Å²) < 4.78 is 5.62. The second-order valence-corrected chi connectivity index (χ2v) is 12.4. The zero-order valence-electron chi connectivity index (χ0n) is 20.7. The Morgan fingerprint density at radius 1 is 1.08 bits per heavy atom. The number of thioether (sulfide) groups is 1. The number of hydrogen-bond donors (Lipinski definition) is 1. The standard InChI is InChI=1S/C29H29ClN2O4S/c1-36-24-7-2-21(29-13-17-8-18(14-29)10-19(9-17)15-29)11-20(24)12-25-27(34)32(28(35)37-25)16-26(33)31-23-5-3-22(30)4-6-23/h2-7,11-12,17-19H,8-10,13-16H2,1H3,(H,31,33)/b25-12+. The molecule has 0 spiro atoms. The second kappa shape index (κ2) is 9.52. The lowest BCUT2D eigenvalue weighted by Gasteiger charge is -2.57. The van der Waals surface area contributed by atoms with Gasteiger partial charge in [-0.15, -0.1) is 0 Å². The van der Waals surface area contributed by atoms with Crippen molar-refractivity contribution < 1.29 is 19.1 Å². The zero-order chi connectivity index (χ0) is 25.7. The molecular weight excluding hydrogens is 508 g/mol. The summed E-state index contributed by atoms with van der Waals surface area (Å²) in [4.78, 5) is 39.6. The van der Waals surface area contributed by atoms with Crippen LogP contribution in [0.1, 0.15) is 49.7 Å². The zero-order valence-corrected chi connectivity index (χ0v) is 22.2. The van der Waals surface area contributed by atoms with Gasteiger partial charge in [-0.2, -0.15) is 0 Å². The van der Waals surface area contributed by atoms with Crippen LogP contribution in [0.25, 0.3) is 6.08 Å². The van der Waals surface area contributed by atoms with Crippen molar-refractivity contribution in [1.29, 1.82) is 0 Å². The van der Waals surface area contributed by atoms with Crippen molar-refractivity contribution in [3.63, 3.8) is 0 Å². The van der Waals surface area contributed by atoms with E-state index in [-0.39, 0.29) is 12.0 Å². The van der Waals surface area contributed by atoms with Gasteiger partial charge in [0.2, 0.25) is 5.91 Å². The van der Waals surface area contributed by atoms with Crippen LogP contribution in [0, 0.1) is 17.8 Å². The summed E-state index contributed by atoms with van der Waals surface area (Å²) in [5, 5.41) is 2.79. The quantitative estimate of drug-likeness (QED) is 0.427. The van der Waals surface area contributed by atoms with Gasteiger partial charge in [0.15, 0.2) is 0 Å². The van der Waals surface area contributed by atoms with Crippen LogP contribution in [-0.4, -0.2) is 35.6 Å². The molecule has 0 aromatic heterocycles. The lowest BCUT2D eigenvalue weighted by Crippen LogP contribution is -2.48. The molecule has 0 unspecified atom stereocenters. The molecule has 6 nitrogen and oxygen atoms in total. The Hall–Kier alpha value is -2.77. The van der Waals surface area contributed by atoms with E-state index in [1.807, 2.05) is 6.07 Å². The fourth-order valence-corrected chi connectivity index (χ4v) is 8.25. The van der Waals surface area contributed by atoms with Crippen molar-refractivity contribution in [2.45, 2.75) is 43.9 Å². The molecule has 1 heterocycles. The third kappa shape index (κ3) is 4.68. The molecule has 1 aliphatic heterocycles. The first-order valence-corrected chi connectivity index (χ1v) is 14.0. The number of nitrogens with zero attached hydrogens (tertiary/aromatic N) is 1. The van der Waals surface area contributed by atoms with Gasteiger partial charge in [0.1, 0.15) is 12.3 Å². The van der Waals surface area contributed by atoms with Gasteiger partial charge in [0, 0.05) is 16.3 Å². The first-order valence-electron chi connectivity index (χ1n) is 12.8. The Bertz CT molecular complexity index is 1270. The first-order chi connectivity index (χ1) is 17.8. The highest BCUT2D eigenvalue weighted by molar-refractivity contribution is 8.18. The van der Waals surface area contributed by atoms with Gasteiger partial charge >= 0.3 is 0 Å². The summed E-state index contributed by atoms with van der Waals surface area (Å²) in [7, 11) is 1.61. The third-order valence-electron chi connectivity index (χ3n) is 8.47. The molecular formula is C29H29ClN2O4S. The van der Waals surface area contributed by atoms with Crippen LogP contribution in [0.5, 0.6) is 5.75 Å². The number of benzene rings is 2. The first kappa shape index (κ1) is 24.6. The number of anilines is 1. The molecule has 4 saturated carbocycles. The van der Waals surface area contributed by atoms with Crippen LogP contribution >= 0.6 is 23.4 Å². The van der Waals surface area contributed by atoms with E-state index in [1.54, 1.807) is 37.5 Å². The Kier molecular flexibility index (Phi) is 6.32. The molecule has 2 aromatic carbocycles. The highest BCUT2D eigenvalue weighted by Gasteiger charge is 2.51. The molecule has 7 rings (SSSR count). The molecule has 0 radical (unpaired) electrons. The molecule has 37 heavy (non-hydrogen) atoms. The van der Waals surface area contributed by atoms with Crippen LogP contribution in [-0.2, 0) is 15.0 Å². The topological polar surface area (TPSA) is 75.7 Å². The molecule has 0 atom stereocenters. The minimum Gasteiger partial charge on any atom is -0.496 e. The van der Waals surface area contributed by atoms with Crippen LogP contribution in [0.15, 0.2) is 47.4 Å². The predicted octanol–water partition coefficient (Wildman–Crippen LogP) is 6.49. The maximum Gasteiger partial charge on any atom is 0.294 e. The van der Waals surface area contributed by atoms with E-state index in [0.717, 1.165) is 40.0 Å². The van der Waals surface area contributed by atoms with Crippen molar-refractivity contribution in [3.8, 4) is 5.75 Å². The van der Waals surface area contributed by atoms with Crippen molar-refractivity contribution in [1.82, 2.24) is 4.90 Å². The molecule has 5 aliphatic rings. The molecule has 4 aliphatic carbocycles. The fraction of sp³-hybridized carbons (Fsp3) is 0.414. The van der Waals surface area contributed by atoms with Crippen molar-refractivity contribution in [3.05, 3.63) is 63.5 Å². The SMILES string of the molecule is COc1ccc(C23CC4CC(CC(C4)C2)C3)cc1/C=C1/SC(=O)N(CC(=O)Nc2ccc(Cl)cc2)C1=O. The number of imide groups is 1. The number of carbonyl (C=O) groups is 3. The van der Waals surface area contributed by atoms with E-state index in [2.05, 4.69) is 17.4 Å². The minimum absolute atomic E-state index is 0.211. The van der Waals surface area contributed by atoms with E-state index in [1.165, 1.54) is 44.1 Å². The molecule has 2 aromatic rings. The van der Waals surface area contributed by atoms with Gasteiger partial charge in [-0.05, 0) is 121 Å². The normalized spacial score (nSPS) is 29.3. The maximum atomic E-state index is 13.1. The van der Waals surface area contributed by atoms with Crippen molar-refractivity contribution >= 4 is 52.2 Å². The monoisotopic (exact) mass is 536 g/mol. The number of nitrogens with one attached hydrogen (secondary N) is 1. The molecule has 4 bridgehead atoms. The summed E-state index contributed by atoms with van der Waals surface area (Å²) in [5.41, 5.74) is 2.87. The maximum absolute atomic E-state index is 13.1. The summed E-state index contributed by atoms with van der Waals surface area (Å²) in [5.74, 6) is 2.23. The minimum atomic E-state index is -0.469. The lowest BCUT2D eigenvalue weighted by atomic mass is 9.48. The number of halogens is 1. The van der Waals surface area contributed by atoms with Gasteiger partial charge in [0.05, 0.1) is 12.0 Å². The molecule has 192 valence electrons. The predicted molar refractivity (Wildman–Crippen MR) is 146 cm³/mol. The average Bonchev–Trinajstić information content (AvgIpc) is 3.12. The number of ether oxygens (including phenoxy) is 1. The third-order valence-corrected chi connectivity index (χ3v) is 9.63. The van der Waals surface area contributed by atoms with Crippen molar-refractivity contribution in [2.75, 3.05) is 19.0 Å². The van der Waals surface area contributed by atoms with E-state index in [0.29, 0.717) is 21.4 Å². The highest BCUT2D eigenvalue weighted by atomic mass is 35.5. The van der Waals surface area contributed by atoms with Gasteiger partial charge in [-0.1, -0.05) is 17.7 Å². The Morgan fingerprint density at radius 3 is 2.35 bits per heavy atom. The summed E-state index contributed by atoms with van der Waals surface area (Å²) in [6, 6.07) is 13.0. The molecule has 8 heteroatoms. The number of rotatable bonds is 6. The smallest absolute Gasteiger partial charge is 0.294 e. The number of hydrogen-bond acceptors (Lipinski definition) is 5. The summed E-state index contributed by atoms with van der Waals surface area (Å²) >= 11 is 6.74. The van der Waals surface area contributed by atoms with Crippen LogP contribution < -0.4 is 10.1 Å².